The third kappa shape index (κ3) is 15.5. The molecule has 0 aliphatic carbocycles. The van der Waals surface area contributed by atoms with Crippen LogP contribution in [0.4, 0.5) is 0 Å². The molecule has 0 aromatic heterocycles. The Hall–Kier alpha value is -0.0394. The topological polar surface area (TPSA) is 57.2 Å². The molecule has 6 nitrogen and oxygen atoms in total. The lowest BCUT2D eigenvalue weighted by Gasteiger charge is -2.29. The van der Waals surface area contributed by atoms with Gasteiger partial charge < -0.3 is 18.0 Å². The minimum absolute atomic E-state index is 0.0601. The van der Waals surface area contributed by atoms with Crippen LogP contribution >= 0.6 is 0 Å². The Morgan fingerprint density at radius 1 is 0.852 bits per heavy atom. The Labute approximate surface area is 170 Å². The summed E-state index contributed by atoms with van der Waals surface area (Å²) in [6.45, 7) is 20.6. The highest BCUT2D eigenvalue weighted by Gasteiger charge is 2.28. The number of hydrogen-bond donors (Lipinski definition) is 0. The molecule has 0 aliphatic rings. The first-order valence-corrected chi connectivity index (χ1v) is 20.0. The zero-order valence-electron chi connectivity index (χ0n) is 19.5. The molecule has 0 spiro atoms. The molecule has 0 rings (SSSR count). The molecular formula is C18H43NO5Si3. The van der Waals surface area contributed by atoms with Crippen molar-refractivity contribution in [2.45, 2.75) is 77.5 Å². The van der Waals surface area contributed by atoms with Crippen LogP contribution in [0.25, 0.3) is 0 Å². The summed E-state index contributed by atoms with van der Waals surface area (Å²) < 4.78 is 23.8. The number of carbonyl (C=O) groups is 1. The van der Waals surface area contributed by atoms with E-state index < -0.39 is 25.0 Å². The van der Waals surface area contributed by atoms with Crippen LogP contribution in [0.1, 0.15) is 6.42 Å². The minimum atomic E-state index is -1.89. The van der Waals surface area contributed by atoms with Gasteiger partial charge >= 0.3 is 5.97 Å². The van der Waals surface area contributed by atoms with E-state index in [4.69, 9.17) is 18.0 Å². The van der Waals surface area contributed by atoms with Crippen molar-refractivity contribution in [2.75, 3.05) is 33.9 Å². The van der Waals surface area contributed by atoms with Gasteiger partial charge in [-0.15, -0.1) is 0 Å². The minimum Gasteiger partial charge on any atom is -0.519 e. The van der Waals surface area contributed by atoms with E-state index in [0.717, 1.165) is 0 Å². The molecule has 0 amide bonds. The molecule has 162 valence electrons. The zero-order valence-corrected chi connectivity index (χ0v) is 22.5. The maximum atomic E-state index is 12.4. The van der Waals surface area contributed by atoms with Gasteiger partial charge in [-0.05, 0) is 79.4 Å². The number of ether oxygens (including phenoxy) is 1. The van der Waals surface area contributed by atoms with Crippen LogP contribution in [0.5, 0.6) is 0 Å². The fraction of sp³-hybridized carbons (Fsp3) is 0.944. The van der Waals surface area contributed by atoms with Gasteiger partial charge in [0, 0.05) is 6.61 Å². The van der Waals surface area contributed by atoms with Gasteiger partial charge in [0.2, 0.25) is 8.32 Å². The van der Waals surface area contributed by atoms with Gasteiger partial charge in [0.15, 0.2) is 16.6 Å². The predicted octanol–water partition coefficient (Wildman–Crippen LogP) is 3.77. The zero-order chi connectivity index (χ0) is 21.5. The summed E-state index contributed by atoms with van der Waals surface area (Å²) >= 11 is 0. The first kappa shape index (κ1) is 27.0. The van der Waals surface area contributed by atoms with E-state index in [2.05, 4.69) is 39.3 Å². The van der Waals surface area contributed by atoms with E-state index in [0.29, 0.717) is 26.2 Å². The fourth-order valence-electron chi connectivity index (χ4n) is 2.33. The molecule has 0 bridgehead atoms. The van der Waals surface area contributed by atoms with Gasteiger partial charge in [-0.25, -0.2) is 0 Å². The second-order valence-corrected chi connectivity index (χ2v) is 23.6. The monoisotopic (exact) mass is 437 g/mol. The highest BCUT2D eigenvalue weighted by atomic mass is 28.4. The Balaban J connectivity index is 4.59. The number of nitrogens with zero attached hydrogens (tertiary/aromatic N) is 1. The molecule has 2 unspecified atom stereocenters. The van der Waals surface area contributed by atoms with Crippen molar-refractivity contribution >= 4 is 30.9 Å². The molecule has 0 N–H and O–H groups in total. The molecule has 9 heteroatoms. The molecule has 0 radical (unpaired) electrons. The Bertz CT molecular complexity index is 442. The summed E-state index contributed by atoms with van der Waals surface area (Å²) in [5.41, 5.74) is 0. The van der Waals surface area contributed by atoms with Crippen molar-refractivity contribution < 1.29 is 22.8 Å². The Morgan fingerprint density at radius 3 is 1.81 bits per heavy atom. The van der Waals surface area contributed by atoms with Crippen LogP contribution in [0.3, 0.4) is 0 Å². The van der Waals surface area contributed by atoms with Crippen molar-refractivity contribution in [3.05, 3.63) is 0 Å². The van der Waals surface area contributed by atoms with Crippen molar-refractivity contribution in [2.24, 2.45) is 0 Å². The van der Waals surface area contributed by atoms with E-state index in [1.807, 2.05) is 38.6 Å². The maximum Gasteiger partial charge on any atom is 0.310 e. The smallest absolute Gasteiger partial charge is 0.310 e. The van der Waals surface area contributed by atoms with Gasteiger partial charge in [0.05, 0.1) is 19.3 Å². The van der Waals surface area contributed by atoms with E-state index in [1.54, 1.807) is 0 Å². The third-order valence-corrected chi connectivity index (χ3v) is 6.25. The largest absolute Gasteiger partial charge is 0.519 e. The average molecular weight is 438 g/mol. The molecule has 0 heterocycles. The van der Waals surface area contributed by atoms with E-state index in [1.165, 1.54) is 0 Å². The first-order valence-electron chi connectivity index (χ1n) is 9.79. The maximum absolute atomic E-state index is 12.4. The standard InChI is InChI=1S/C18H43NO5Si3/c1-19(2)17(18(20)24-27(9,10)11)12-13-21-14-16(23-26(6,7)8)15-22-25(3,4)5/h16-17H,12-15H2,1-11H3. The van der Waals surface area contributed by atoms with Crippen molar-refractivity contribution in [1.82, 2.24) is 4.90 Å². The van der Waals surface area contributed by atoms with Crippen LogP contribution < -0.4 is 0 Å². The molecule has 0 aliphatic heterocycles. The average Bonchev–Trinajstić information content (AvgIpc) is 2.39. The lowest BCUT2D eigenvalue weighted by Crippen LogP contribution is -2.43. The van der Waals surface area contributed by atoms with Crippen LogP contribution in [0.15, 0.2) is 0 Å². The molecular weight excluding hydrogens is 394 g/mol. The predicted molar refractivity (Wildman–Crippen MR) is 120 cm³/mol. The fourth-order valence-corrected chi connectivity index (χ4v) is 4.89. The molecule has 0 saturated heterocycles. The van der Waals surface area contributed by atoms with E-state index in [9.17, 15) is 4.79 Å². The second-order valence-electron chi connectivity index (χ2n) is 10.2. The SMILES string of the molecule is CN(C)C(CCOCC(CO[Si](C)(C)C)O[Si](C)(C)C)C(=O)O[Si](C)(C)C. The number of carbonyl (C=O) groups excluding carboxylic acids is 1. The van der Waals surface area contributed by atoms with Crippen LogP contribution in [0, 0.1) is 0 Å². The van der Waals surface area contributed by atoms with Gasteiger partial charge in [-0.1, -0.05) is 0 Å². The second kappa shape index (κ2) is 11.2. The van der Waals surface area contributed by atoms with Crippen LogP contribution in [0.2, 0.25) is 58.9 Å². The lowest BCUT2D eigenvalue weighted by atomic mass is 10.2. The summed E-state index contributed by atoms with van der Waals surface area (Å²) in [6, 6.07) is -0.286. The van der Waals surface area contributed by atoms with Crippen LogP contribution in [-0.2, 0) is 22.8 Å². The molecule has 2 atom stereocenters. The van der Waals surface area contributed by atoms with Crippen molar-refractivity contribution in [1.29, 1.82) is 0 Å². The molecule has 0 fully saturated rings. The van der Waals surface area contributed by atoms with Gasteiger partial charge in [0.1, 0.15) is 6.04 Å². The van der Waals surface area contributed by atoms with Gasteiger partial charge in [-0.2, -0.15) is 0 Å². The van der Waals surface area contributed by atoms with Crippen molar-refractivity contribution in [3.8, 4) is 0 Å². The van der Waals surface area contributed by atoms with Gasteiger partial charge in [-0.3, -0.25) is 9.69 Å². The summed E-state index contributed by atoms with van der Waals surface area (Å²) in [5, 5.41) is 0. The first-order chi connectivity index (χ1) is 12.0. The normalized spacial score (nSPS) is 15.7. The summed E-state index contributed by atoms with van der Waals surface area (Å²) in [4.78, 5) is 14.3. The number of hydrogen-bond acceptors (Lipinski definition) is 6. The lowest BCUT2D eigenvalue weighted by molar-refractivity contribution is -0.141. The Morgan fingerprint density at radius 2 is 1.41 bits per heavy atom. The van der Waals surface area contributed by atoms with Crippen LogP contribution in [-0.4, -0.2) is 81.9 Å². The van der Waals surface area contributed by atoms with E-state index >= 15 is 0 Å². The number of rotatable bonds is 13. The van der Waals surface area contributed by atoms with Gasteiger partial charge in [0.25, 0.3) is 0 Å². The summed E-state index contributed by atoms with van der Waals surface area (Å²) in [5.74, 6) is -0.153. The van der Waals surface area contributed by atoms with Crippen molar-refractivity contribution in [3.63, 3.8) is 0 Å². The molecule has 0 aromatic carbocycles. The van der Waals surface area contributed by atoms with E-state index in [-0.39, 0.29) is 18.1 Å². The molecule has 0 saturated carbocycles. The highest BCUT2D eigenvalue weighted by Crippen LogP contribution is 2.13. The Kier molecular flexibility index (Phi) is 11.2. The highest BCUT2D eigenvalue weighted by molar-refractivity contribution is 6.71. The quantitative estimate of drug-likeness (QED) is 0.323. The summed E-state index contributed by atoms with van der Waals surface area (Å²) in [7, 11) is -1.38. The third-order valence-electron chi connectivity index (χ3n) is 3.36. The molecule has 27 heavy (non-hydrogen) atoms. The summed E-state index contributed by atoms with van der Waals surface area (Å²) in [6.07, 6.45) is 0.542. The molecule has 0 aromatic rings. The number of likely N-dealkylation sites (N-methyl/N-ethyl adjacent to an activating group) is 1.